The molecule has 0 amide bonds. The largest absolute Gasteiger partial charge is 0.468 e. The highest BCUT2D eigenvalue weighted by atomic mass is 32.2. The first-order valence-electron chi connectivity index (χ1n) is 4.73. The Balaban J connectivity index is 1.99. The van der Waals surface area contributed by atoms with E-state index in [1.165, 1.54) is 24.6 Å². The van der Waals surface area contributed by atoms with Gasteiger partial charge in [-0.2, -0.15) is 11.8 Å². The molecule has 0 aromatic carbocycles. The van der Waals surface area contributed by atoms with Gasteiger partial charge in [-0.25, -0.2) is 0 Å². The molecule has 13 heavy (non-hydrogen) atoms. The second kappa shape index (κ2) is 4.20. The SMILES string of the molecule is CC(c1ccco1)N1CCSCC1. The molecule has 72 valence electrons. The third-order valence-electron chi connectivity index (χ3n) is 2.55. The highest BCUT2D eigenvalue weighted by Gasteiger charge is 2.19. The van der Waals surface area contributed by atoms with Crippen molar-refractivity contribution in [2.75, 3.05) is 24.6 Å². The summed E-state index contributed by atoms with van der Waals surface area (Å²) in [5.41, 5.74) is 0. The fraction of sp³-hybridized carbons (Fsp3) is 0.600. The average Bonchev–Trinajstić information content (AvgIpc) is 2.71. The molecular weight excluding hydrogens is 182 g/mol. The average molecular weight is 197 g/mol. The fourth-order valence-electron chi connectivity index (χ4n) is 1.67. The monoisotopic (exact) mass is 197 g/mol. The van der Waals surface area contributed by atoms with Crippen LogP contribution in [-0.4, -0.2) is 29.5 Å². The molecule has 1 aromatic rings. The van der Waals surface area contributed by atoms with Crippen LogP contribution in [0.1, 0.15) is 18.7 Å². The molecule has 1 aliphatic heterocycles. The standard InChI is InChI=1S/C10H15NOS/c1-9(10-3-2-6-12-10)11-4-7-13-8-5-11/h2-3,6,9H,4-5,7-8H2,1H3. The summed E-state index contributed by atoms with van der Waals surface area (Å²) in [7, 11) is 0. The molecule has 1 fully saturated rings. The van der Waals surface area contributed by atoms with E-state index in [1.54, 1.807) is 6.26 Å². The quantitative estimate of drug-likeness (QED) is 0.724. The Kier molecular flexibility index (Phi) is 2.96. The second-order valence-corrected chi connectivity index (χ2v) is 4.56. The number of rotatable bonds is 2. The number of furan rings is 1. The molecule has 0 aliphatic carbocycles. The minimum atomic E-state index is 0.441. The zero-order valence-corrected chi connectivity index (χ0v) is 8.72. The van der Waals surface area contributed by atoms with Gasteiger partial charge >= 0.3 is 0 Å². The van der Waals surface area contributed by atoms with Crippen LogP contribution in [0.3, 0.4) is 0 Å². The lowest BCUT2D eigenvalue weighted by atomic mass is 10.2. The zero-order chi connectivity index (χ0) is 9.10. The predicted molar refractivity (Wildman–Crippen MR) is 56.0 cm³/mol. The molecule has 1 aliphatic rings. The Labute approximate surface area is 83.3 Å². The Morgan fingerprint density at radius 3 is 2.85 bits per heavy atom. The minimum absolute atomic E-state index is 0.441. The molecule has 0 bridgehead atoms. The van der Waals surface area contributed by atoms with Crippen molar-refractivity contribution in [3.63, 3.8) is 0 Å². The first kappa shape index (κ1) is 9.16. The molecule has 0 spiro atoms. The summed E-state index contributed by atoms with van der Waals surface area (Å²) in [5.74, 6) is 3.60. The highest BCUT2D eigenvalue weighted by Crippen LogP contribution is 2.23. The molecule has 3 heteroatoms. The summed E-state index contributed by atoms with van der Waals surface area (Å²) < 4.78 is 5.40. The van der Waals surface area contributed by atoms with Crippen LogP contribution in [0, 0.1) is 0 Å². The van der Waals surface area contributed by atoms with Gasteiger partial charge in [0, 0.05) is 24.6 Å². The lowest BCUT2D eigenvalue weighted by molar-refractivity contribution is 0.207. The Morgan fingerprint density at radius 1 is 1.46 bits per heavy atom. The van der Waals surface area contributed by atoms with E-state index in [0.717, 1.165) is 5.76 Å². The van der Waals surface area contributed by atoms with Gasteiger partial charge < -0.3 is 4.42 Å². The van der Waals surface area contributed by atoms with Gasteiger partial charge in [-0.15, -0.1) is 0 Å². The van der Waals surface area contributed by atoms with Gasteiger partial charge in [0.05, 0.1) is 12.3 Å². The van der Waals surface area contributed by atoms with Gasteiger partial charge in [0.15, 0.2) is 0 Å². The van der Waals surface area contributed by atoms with Crippen LogP contribution < -0.4 is 0 Å². The molecule has 2 nitrogen and oxygen atoms in total. The van der Waals surface area contributed by atoms with Crippen LogP contribution >= 0.6 is 11.8 Å². The van der Waals surface area contributed by atoms with Gasteiger partial charge in [0.25, 0.3) is 0 Å². The minimum Gasteiger partial charge on any atom is -0.468 e. The van der Waals surface area contributed by atoms with Crippen molar-refractivity contribution in [1.29, 1.82) is 0 Å². The maximum atomic E-state index is 5.40. The van der Waals surface area contributed by atoms with E-state index in [4.69, 9.17) is 4.42 Å². The molecular formula is C10H15NOS. The third kappa shape index (κ3) is 2.09. The van der Waals surface area contributed by atoms with Crippen molar-refractivity contribution in [2.45, 2.75) is 13.0 Å². The number of hydrogen-bond donors (Lipinski definition) is 0. The van der Waals surface area contributed by atoms with E-state index in [1.807, 2.05) is 17.8 Å². The molecule has 1 aromatic heterocycles. The van der Waals surface area contributed by atoms with Crippen LogP contribution in [0.15, 0.2) is 22.8 Å². The zero-order valence-electron chi connectivity index (χ0n) is 7.90. The number of nitrogens with zero attached hydrogens (tertiary/aromatic N) is 1. The van der Waals surface area contributed by atoms with Gasteiger partial charge in [-0.3, -0.25) is 4.90 Å². The molecule has 2 heterocycles. The first-order valence-corrected chi connectivity index (χ1v) is 5.88. The Morgan fingerprint density at radius 2 is 2.23 bits per heavy atom. The Bertz CT molecular complexity index is 241. The molecule has 1 atom stereocenters. The van der Waals surface area contributed by atoms with Crippen molar-refractivity contribution < 1.29 is 4.42 Å². The van der Waals surface area contributed by atoms with Gasteiger partial charge in [-0.05, 0) is 19.1 Å². The predicted octanol–water partition coefficient (Wildman–Crippen LogP) is 2.39. The first-order chi connectivity index (χ1) is 6.38. The lowest BCUT2D eigenvalue weighted by Gasteiger charge is -2.30. The second-order valence-electron chi connectivity index (χ2n) is 3.34. The van der Waals surface area contributed by atoms with Crippen molar-refractivity contribution in [1.82, 2.24) is 4.90 Å². The van der Waals surface area contributed by atoms with E-state index >= 15 is 0 Å². The van der Waals surface area contributed by atoms with E-state index in [0.29, 0.717) is 6.04 Å². The van der Waals surface area contributed by atoms with Crippen molar-refractivity contribution in [2.24, 2.45) is 0 Å². The van der Waals surface area contributed by atoms with Crippen molar-refractivity contribution in [3.8, 4) is 0 Å². The van der Waals surface area contributed by atoms with Crippen LogP contribution in [0.4, 0.5) is 0 Å². The van der Waals surface area contributed by atoms with Crippen LogP contribution in [0.25, 0.3) is 0 Å². The smallest absolute Gasteiger partial charge is 0.120 e. The molecule has 0 radical (unpaired) electrons. The normalized spacial score (nSPS) is 21.6. The van der Waals surface area contributed by atoms with Crippen molar-refractivity contribution in [3.05, 3.63) is 24.2 Å². The Hall–Kier alpha value is -0.410. The molecule has 0 saturated carbocycles. The van der Waals surface area contributed by atoms with E-state index in [9.17, 15) is 0 Å². The van der Waals surface area contributed by atoms with Crippen LogP contribution in [0.2, 0.25) is 0 Å². The summed E-state index contributed by atoms with van der Waals surface area (Å²) >= 11 is 2.04. The van der Waals surface area contributed by atoms with Gasteiger partial charge in [0.1, 0.15) is 5.76 Å². The van der Waals surface area contributed by atoms with E-state index in [2.05, 4.69) is 17.9 Å². The van der Waals surface area contributed by atoms with Gasteiger partial charge in [0.2, 0.25) is 0 Å². The molecule has 2 rings (SSSR count). The van der Waals surface area contributed by atoms with E-state index < -0.39 is 0 Å². The summed E-state index contributed by atoms with van der Waals surface area (Å²) in [6, 6.07) is 4.47. The molecule has 1 saturated heterocycles. The maximum absolute atomic E-state index is 5.40. The van der Waals surface area contributed by atoms with Crippen LogP contribution in [-0.2, 0) is 0 Å². The summed E-state index contributed by atoms with van der Waals surface area (Å²) in [6.45, 7) is 4.59. The van der Waals surface area contributed by atoms with E-state index in [-0.39, 0.29) is 0 Å². The maximum Gasteiger partial charge on any atom is 0.120 e. The van der Waals surface area contributed by atoms with Crippen molar-refractivity contribution >= 4 is 11.8 Å². The molecule has 1 unspecified atom stereocenters. The highest BCUT2D eigenvalue weighted by molar-refractivity contribution is 7.99. The summed E-state index contributed by atoms with van der Waals surface area (Å²) in [4.78, 5) is 2.48. The van der Waals surface area contributed by atoms with Crippen LogP contribution in [0.5, 0.6) is 0 Å². The lowest BCUT2D eigenvalue weighted by Crippen LogP contribution is -2.34. The summed E-state index contributed by atoms with van der Waals surface area (Å²) in [6.07, 6.45) is 1.75. The number of thioether (sulfide) groups is 1. The fourth-order valence-corrected chi connectivity index (χ4v) is 2.61. The molecule has 0 N–H and O–H groups in total. The number of hydrogen-bond acceptors (Lipinski definition) is 3. The third-order valence-corrected chi connectivity index (χ3v) is 3.49. The topological polar surface area (TPSA) is 16.4 Å². The summed E-state index contributed by atoms with van der Waals surface area (Å²) in [5, 5.41) is 0. The van der Waals surface area contributed by atoms with Gasteiger partial charge in [-0.1, -0.05) is 0 Å².